The first-order valence-electron chi connectivity index (χ1n) is 8.60. The predicted octanol–water partition coefficient (Wildman–Crippen LogP) is 5.42. The first-order chi connectivity index (χ1) is 12.2. The topological polar surface area (TPSA) is 38.3 Å². The summed E-state index contributed by atoms with van der Waals surface area (Å²) in [6, 6.07) is 8.42. The Hall–Kier alpha value is -2.88. The molecule has 2 heterocycles. The maximum absolute atomic E-state index is 13.9. The van der Waals surface area contributed by atoms with Crippen molar-refractivity contribution in [2.45, 2.75) is 33.2 Å². The highest BCUT2D eigenvalue weighted by Crippen LogP contribution is 2.48. The van der Waals surface area contributed by atoms with Crippen LogP contribution in [0.3, 0.4) is 0 Å². The molecule has 2 aromatic rings. The summed E-state index contributed by atoms with van der Waals surface area (Å²) >= 11 is 0. The highest BCUT2D eigenvalue weighted by molar-refractivity contribution is 6.02. The Morgan fingerprint density at radius 2 is 1.92 bits per heavy atom. The van der Waals surface area contributed by atoms with E-state index in [1.54, 1.807) is 6.07 Å². The van der Waals surface area contributed by atoms with E-state index in [1.165, 1.54) is 25.1 Å². The molecule has 0 unspecified atom stereocenters. The lowest BCUT2D eigenvalue weighted by molar-refractivity contribution is -0.112. The van der Waals surface area contributed by atoms with Crippen molar-refractivity contribution < 1.29 is 13.9 Å². The second-order valence-corrected chi connectivity index (χ2v) is 7.45. The number of allylic oxidation sites excluding steroid dienone is 2. The van der Waals surface area contributed by atoms with Crippen LogP contribution in [0.25, 0.3) is 22.5 Å². The van der Waals surface area contributed by atoms with Gasteiger partial charge < -0.3 is 10.1 Å². The average Bonchev–Trinajstić information content (AvgIpc) is 2.53. The van der Waals surface area contributed by atoms with Gasteiger partial charge in [-0.15, -0.1) is 0 Å². The number of carbonyl (C=O) groups is 1. The Labute approximate surface area is 152 Å². The van der Waals surface area contributed by atoms with Gasteiger partial charge >= 0.3 is 0 Å². The van der Waals surface area contributed by atoms with Gasteiger partial charge in [-0.25, -0.2) is 4.39 Å². The number of ketones is 1. The van der Waals surface area contributed by atoms with Crippen LogP contribution >= 0.6 is 0 Å². The zero-order chi connectivity index (χ0) is 18.6. The molecule has 0 aliphatic carbocycles. The quantitative estimate of drug-likeness (QED) is 0.698. The summed E-state index contributed by atoms with van der Waals surface area (Å²) in [6.45, 7) is 7.75. The molecule has 26 heavy (non-hydrogen) atoms. The van der Waals surface area contributed by atoms with Crippen molar-refractivity contribution in [2.75, 3.05) is 5.32 Å². The van der Waals surface area contributed by atoms with E-state index in [1.807, 2.05) is 19.1 Å². The summed E-state index contributed by atoms with van der Waals surface area (Å²) in [6.07, 6.45) is 3.65. The molecule has 4 rings (SSSR count). The fourth-order valence-electron chi connectivity index (χ4n) is 3.85. The van der Waals surface area contributed by atoms with Gasteiger partial charge in [-0.1, -0.05) is 12.1 Å². The Bertz CT molecular complexity index is 1020. The van der Waals surface area contributed by atoms with Crippen molar-refractivity contribution in [3.63, 3.8) is 0 Å². The second kappa shape index (κ2) is 5.56. The van der Waals surface area contributed by atoms with Crippen LogP contribution in [-0.4, -0.2) is 11.3 Å². The molecule has 2 aliphatic rings. The molecule has 2 aromatic carbocycles. The van der Waals surface area contributed by atoms with E-state index in [0.29, 0.717) is 17.1 Å². The van der Waals surface area contributed by atoms with E-state index >= 15 is 0 Å². The van der Waals surface area contributed by atoms with Crippen LogP contribution in [0, 0.1) is 5.82 Å². The van der Waals surface area contributed by atoms with E-state index in [-0.39, 0.29) is 17.1 Å². The van der Waals surface area contributed by atoms with Crippen LogP contribution in [-0.2, 0) is 4.79 Å². The molecule has 0 saturated carbocycles. The number of halogens is 1. The van der Waals surface area contributed by atoms with Crippen molar-refractivity contribution in [1.29, 1.82) is 0 Å². The molecule has 132 valence electrons. The second-order valence-electron chi connectivity index (χ2n) is 7.45. The first kappa shape index (κ1) is 16.6. The first-order valence-corrected chi connectivity index (χ1v) is 8.60. The monoisotopic (exact) mass is 349 g/mol. The molecule has 0 saturated heterocycles. The minimum absolute atomic E-state index is 0.0974. The number of hydrogen-bond acceptors (Lipinski definition) is 3. The summed E-state index contributed by atoms with van der Waals surface area (Å²) in [5, 5.41) is 3.51. The number of hydrogen-bond donors (Lipinski definition) is 1. The number of benzene rings is 2. The fraction of sp³-hybridized carbons (Fsp3) is 0.227. The highest BCUT2D eigenvalue weighted by Gasteiger charge is 2.31. The number of carbonyl (C=O) groups excluding carboxylic acids is 1. The Balaban J connectivity index is 2.06. The lowest BCUT2D eigenvalue weighted by Crippen LogP contribution is -2.32. The van der Waals surface area contributed by atoms with E-state index in [0.717, 1.165) is 28.0 Å². The van der Waals surface area contributed by atoms with Gasteiger partial charge in [0.2, 0.25) is 0 Å². The highest BCUT2D eigenvalue weighted by atomic mass is 19.1. The summed E-state index contributed by atoms with van der Waals surface area (Å²) in [5.41, 5.74) is 5.28. The van der Waals surface area contributed by atoms with Crippen LogP contribution in [0.1, 0.15) is 38.8 Å². The Morgan fingerprint density at radius 3 is 2.65 bits per heavy atom. The van der Waals surface area contributed by atoms with E-state index < -0.39 is 0 Å². The van der Waals surface area contributed by atoms with Gasteiger partial charge in [0.15, 0.2) is 5.78 Å². The molecule has 0 aromatic heterocycles. The van der Waals surface area contributed by atoms with Crippen LogP contribution in [0.4, 0.5) is 10.1 Å². The number of fused-ring (bicyclic) bond motifs is 5. The summed E-state index contributed by atoms with van der Waals surface area (Å²) in [7, 11) is 0. The van der Waals surface area contributed by atoms with Crippen molar-refractivity contribution in [2.24, 2.45) is 0 Å². The van der Waals surface area contributed by atoms with Gasteiger partial charge in [0.25, 0.3) is 0 Å². The molecule has 3 nitrogen and oxygen atoms in total. The SMILES string of the molecule is CC(=O)/C=C1\Oc2ccc(F)cc2-c2ccc3c(c21)C(C)=CC(C)(C)N3. The number of nitrogens with one attached hydrogen (secondary N) is 1. The van der Waals surface area contributed by atoms with Crippen LogP contribution in [0.5, 0.6) is 5.75 Å². The van der Waals surface area contributed by atoms with E-state index in [4.69, 9.17) is 4.74 Å². The third-order valence-corrected chi connectivity index (χ3v) is 4.67. The molecular weight excluding hydrogens is 329 g/mol. The maximum atomic E-state index is 13.9. The molecule has 0 atom stereocenters. The molecule has 2 aliphatic heterocycles. The Kier molecular flexibility index (Phi) is 3.55. The fourth-order valence-corrected chi connectivity index (χ4v) is 3.85. The summed E-state index contributed by atoms with van der Waals surface area (Å²) in [4.78, 5) is 11.8. The number of rotatable bonds is 1. The van der Waals surface area contributed by atoms with Crippen molar-refractivity contribution in [3.8, 4) is 16.9 Å². The van der Waals surface area contributed by atoms with Crippen molar-refractivity contribution >= 4 is 22.8 Å². The van der Waals surface area contributed by atoms with Gasteiger partial charge in [-0.05, 0) is 63.1 Å². The average molecular weight is 349 g/mol. The van der Waals surface area contributed by atoms with Crippen LogP contribution in [0.2, 0.25) is 0 Å². The normalized spacial score (nSPS) is 18.0. The Morgan fingerprint density at radius 1 is 1.15 bits per heavy atom. The molecule has 0 spiro atoms. The molecule has 0 fully saturated rings. The van der Waals surface area contributed by atoms with Crippen LogP contribution in [0.15, 0.2) is 42.5 Å². The summed E-state index contributed by atoms with van der Waals surface area (Å²) < 4.78 is 19.9. The van der Waals surface area contributed by atoms with Crippen LogP contribution < -0.4 is 10.1 Å². The smallest absolute Gasteiger partial charge is 0.156 e. The maximum Gasteiger partial charge on any atom is 0.156 e. The van der Waals surface area contributed by atoms with Crippen molar-refractivity contribution in [3.05, 3.63) is 59.4 Å². The molecule has 0 amide bonds. The van der Waals surface area contributed by atoms with Gasteiger partial charge in [0, 0.05) is 28.5 Å². The number of anilines is 1. The zero-order valence-corrected chi connectivity index (χ0v) is 15.2. The van der Waals surface area contributed by atoms with Crippen molar-refractivity contribution in [1.82, 2.24) is 0 Å². The molecule has 1 N–H and O–H groups in total. The van der Waals surface area contributed by atoms with E-state index in [2.05, 4.69) is 25.2 Å². The minimum Gasteiger partial charge on any atom is -0.456 e. The largest absolute Gasteiger partial charge is 0.456 e. The van der Waals surface area contributed by atoms with Gasteiger partial charge in [0.05, 0.1) is 5.54 Å². The predicted molar refractivity (Wildman–Crippen MR) is 102 cm³/mol. The van der Waals surface area contributed by atoms with E-state index in [9.17, 15) is 9.18 Å². The standard InChI is InChI=1S/C22H20FNO2/c1-12-11-22(3,4)24-17-7-6-15-16-10-14(23)5-8-18(16)26-19(9-13(2)25)21(15)20(12)17/h5-11,24H,1-4H3/b19-9-. The minimum atomic E-state index is -0.318. The molecular formula is C22H20FNO2. The van der Waals surface area contributed by atoms with Gasteiger partial charge in [0.1, 0.15) is 17.3 Å². The lowest BCUT2D eigenvalue weighted by Gasteiger charge is -2.35. The third-order valence-electron chi connectivity index (χ3n) is 4.67. The molecule has 0 bridgehead atoms. The van der Waals surface area contributed by atoms with Gasteiger partial charge in [-0.2, -0.15) is 0 Å². The third kappa shape index (κ3) is 2.62. The summed E-state index contributed by atoms with van der Waals surface area (Å²) in [5.74, 6) is 0.635. The molecule has 4 heteroatoms. The zero-order valence-electron chi connectivity index (χ0n) is 15.2. The molecule has 0 radical (unpaired) electrons. The lowest BCUT2D eigenvalue weighted by atomic mass is 9.83. The number of ether oxygens (including phenoxy) is 1. The van der Waals surface area contributed by atoms with Gasteiger partial charge in [-0.3, -0.25) is 4.79 Å².